The van der Waals surface area contributed by atoms with Gasteiger partial charge in [-0.25, -0.2) is 9.59 Å². The van der Waals surface area contributed by atoms with Crippen LogP contribution in [0.5, 0.6) is 0 Å². The van der Waals surface area contributed by atoms with Gasteiger partial charge in [-0.1, -0.05) is 48.5 Å². The van der Waals surface area contributed by atoms with Crippen molar-refractivity contribution in [1.29, 1.82) is 0 Å². The number of amides is 1. The Labute approximate surface area is 199 Å². The molecule has 0 spiro atoms. The molecule has 8 heteroatoms. The van der Waals surface area contributed by atoms with Gasteiger partial charge in [-0.05, 0) is 50.3 Å². The van der Waals surface area contributed by atoms with Gasteiger partial charge in [-0.15, -0.1) is 0 Å². The minimum Gasteiger partial charge on any atom is -0.480 e. The Bertz CT molecular complexity index is 1160. The molecule has 3 aromatic rings. The van der Waals surface area contributed by atoms with Crippen LogP contribution in [0.4, 0.5) is 4.79 Å². The van der Waals surface area contributed by atoms with E-state index >= 15 is 0 Å². The number of halogens is 1. The fourth-order valence-corrected chi connectivity index (χ4v) is 4.79. The molecule has 2 aliphatic rings. The van der Waals surface area contributed by atoms with Gasteiger partial charge in [0.15, 0.2) is 0 Å². The second kappa shape index (κ2) is 8.61. The molecule has 0 atom stereocenters. The summed E-state index contributed by atoms with van der Waals surface area (Å²) in [5.74, 6) is -1.10. The van der Waals surface area contributed by atoms with Gasteiger partial charge < -0.3 is 19.5 Å². The van der Waals surface area contributed by atoms with Crippen molar-refractivity contribution in [3.05, 3.63) is 88.2 Å². The Morgan fingerprint density at radius 1 is 1.03 bits per heavy atom. The zero-order chi connectivity index (χ0) is 23.0. The first-order chi connectivity index (χ1) is 16.0. The van der Waals surface area contributed by atoms with Crippen LogP contribution in [0.15, 0.2) is 71.3 Å². The normalized spacial score (nSPS) is 16.0. The van der Waals surface area contributed by atoms with Gasteiger partial charge in [0.25, 0.3) is 0 Å². The van der Waals surface area contributed by atoms with Crippen LogP contribution in [0.1, 0.15) is 22.7 Å². The number of pyridine rings is 1. The number of aromatic nitrogens is 1. The third-order valence-electron chi connectivity index (χ3n) is 6.15. The van der Waals surface area contributed by atoms with Crippen molar-refractivity contribution >= 4 is 28.0 Å². The van der Waals surface area contributed by atoms with Crippen LogP contribution in [-0.2, 0) is 19.9 Å². The summed E-state index contributed by atoms with van der Waals surface area (Å²) in [6.07, 6.45) is 1.17. The number of hydrogen-bond acceptors (Lipinski definition) is 5. The molecule has 0 unspecified atom stereocenters. The number of carboxylic acid groups (broad SMARTS) is 1. The first-order valence-electron chi connectivity index (χ1n) is 10.5. The molecule has 0 saturated carbocycles. The number of carbonyl (C=O) groups is 2. The lowest BCUT2D eigenvalue weighted by atomic mass is 9.90. The van der Waals surface area contributed by atoms with E-state index in [-0.39, 0.29) is 25.6 Å². The number of hydrogen-bond donors (Lipinski definition) is 1. The summed E-state index contributed by atoms with van der Waals surface area (Å²) in [4.78, 5) is 29.8. The molecule has 1 amide bonds. The Balaban J connectivity index is 1.28. The lowest BCUT2D eigenvalue weighted by Gasteiger charge is -2.48. The summed E-state index contributed by atoms with van der Waals surface area (Å²) in [7, 11) is 0. The van der Waals surface area contributed by atoms with Gasteiger partial charge in [-0.2, -0.15) is 0 Å². The number of fused-ring (bicyclic) bond motifs is 3. The van der Waals surface area contributed by atoms with E-state index in [4.69, 9.17) is 14.6 Å². The number of nitrogens with zero attached hydrogens (tertiary/aromatic N) is 2. The fraction of sp³-hybridized carbons (Fsp3) is 0.240. The second-order valence-corrected chi connectivity index (χ2v) is 9.11. The summed E-state index contributed by atoms with van der Waals surface area (Å²) >= 11 is 3.34. The van der Waals surface area contributed by atoms with Gasteiger partial charge in [0.05, 0.1) is 18.8 Å². The highest BCUT2D eigenvalue weighted by molar-refractivity contribution is 9.10. The molecule has 33 heavy (non-hydrogen) atoms. The van der Waals surface area contributed by atoms with Crippen molar-refractivity contribution in [3.63, 3.8) is 0 Å². The minimum absolute atomic E-state index is 0.0243. The zero-order valence-electron chi connectivity index (χ0n) is 17.6. The van der Waals surface area contributed by atoms with E-state index in [2.05, 4.69) is 45.2 Å². The molecule has 1 aliphatic heterocycles. The van der Waals surface area contributed by atoms with E-state index in [0.717, 1.165) is 15.6 Å². The molecule has 0 bridgehead atoms. The van der Waals surface area contributed by atoms with E-state index in [1.165, 1.54) is 16.0 Å². The van der Waals surface area contributed by atoms with Crippen molar-refractivity contribution in [2.75, 3.05) is 26.3 Å². The van der Waals surface area contributed by atoms with Crippen LogP contribution in [0.3, 0.4) is 0 Å². The van der Waals surface area contributed by atoms with E-state index in [1.54, 1.807) is 12.3 Å². The number of carbonyl (C=O) groups excluding carboxylic acids is 1. The molecule has 2 aromatic carbocycles. The van der Waals surface area contributed by atoms with E-state index in [1.807, 2.05) is 30.3 Å². The molecule has 2 heterocycles. The highest BCUT2D eigenvalue weighted by atomic mass is 79.9. The van der Waals surface area contributed by atoms with Crippen molar-refractivity contribution in [1.82, 2.24) is 9.88 Å². The van der Waals surface area contributed by atoms with Crippen LogP contribution < -0.4 is 0 Å². The maximum absolute atomic E-state index is 12.8. The van der Waals surface area contributed by atoms with Crippen LogP contribution in [0.2, 0.25) is 0 Å². The maximum atomic E-state index is 12.8. The van der Waals surface area contributed by atoms with Gasteiger partial charge in [0, 0.05) is 16.6 Å². The molecule has 5 rings (SSSR count). The van der Waals surface area contributed by atoms with E-state index in [9.17, 15) is 9.59 Å². The summed E-state index contributed by atoms with van der Waals surface area (Å²) in [5.41, 5.74) is 4.24. The highest BCUT2D eigenvalue weighted by Gasteiger charge is 2.50. The smallest absolute Gasteiger partial charge is 0.410 e. The molecule has 1 aliphatic carbocycles. The van der Waals surface area contributed by atoms with Crippen LogP contribution >= 0.6 is 15.9 Å². The largest absolute Gasteiger partial charge is 0.480 e. The van der Waals surface area contributed by atoms with Gasteiger partial charge in [-0.3, -0.25) is 4.98 Å². The third kappa shape index (κ3) is 4.00. The average molecular weight is 509 g/mol. The monoisotopic (exact) mass is 508 g/mol. The van der Waals surface area contributed by atoms with E-state index < -0.39 is 24.3 Å². The van der Waals surface area contributed by atoms with Crippen molar-refractivity contribution in [2.24, 2.45) is 0 Å². The summed E-state index contributed by atoms with van der Waals surface area (Å²) in [6.45, 7) is 0.0936. The SMILES string of the molecule is O=C(O)COC1(c2ccc(Br)cn2)CN(C(=O)OCC2c3ccccc3-c3ccccc32)C1. The highest BCUT2D eigenvalue weighted by Crippen LogP contribution is 2.44. The molecular formula is C25H21BrN2O5. The summed E-state index contributed by atoms with van der Waals surface area (Å²) in [5, 5.41) is 9.07. The number of likely N-dealkylation sites (tertiary alicyclic amines) is 1. The molecule has 7 nitrogen and oxygen atoms in total. The topological polar surface area (TPSA) is 89.0 Å². The first kappa shape index (κ1) is 21.6. The maximum Gasteiger partial charge on any atom is 0.410 e. The fourth-order valence-electron chi connectivity index (χ4n) is 4.56. The summed E-state index contributed by atoms with van der Waals surface area (Å²) < 4.78 is 12.2. The first-order valence-corrected chi connectivity index (χ1v) is 11.3. The number of ether oxygens (including phenoxy) is 2. The average Bonchev–Trinajstić information content (AvgIpc) is 3.11. The van der Waals surface area contributed by atoms with Gasteiger partial charge >= 0.3 is 12.1 Å². The number of aliphatic carboxylic acids is 1. The molecule has 1 aromatic heterocycles. The summed E-state index contributed by atoms with van der Waals surface area (Å²) in [6, 6.07) is 19.9. The van der Waals surface area contributed by atoms with Crippen LogP contribution in [0.25, 0.3) is 11.1 Å². The zero-order valence-corrected chi connectivity index (χ0v) is 19.2. The Kier molecular flexibility index (Phi) is 5.64. The number of rotatable bonds is 6. The molecule has 168 valence electrons. The standard InChI is InChI=1S/C25H21BrN2O5/c26-16-9-10-22(27-11-16)25(33-13-23(29)30)14-28(15-25)24(31)32-12-21-19-7-3-1-5-17(19)18-6-2-4-8-20(18)21/h1-11,21H,12-15H2,(H,29,30). The van der Waals surface area contributed by atoms with Gasteiger partial charge in [0.1, 0.15) is 18.8 Å². The predicted molar refractivity (Wildman–Crippen MR) is 124 cm³/mol. The third-order valence-corrected chi connectivity index (χ3v) is 6.62. The minimum atomic E-state index is -1.08. The lowest BCUT2D eigenvalue weighted by molar-refractivity contribution is -0.169. The number of benzene rings is 2. The predicted octanol–water partition coefficient (Wildman–Crippen LogP) is 4.41. The van der Waals surface area contributed by atoms with E-state index in [0.29, 0.717) is 5.69 Å². The second-order valence-electron chi connectivity index (χ2n) is 8.20. The number of carboxylic acids is 1. The Morgan fingerprint density at radius 3 is 2.24 bits per heavy atom. The molecule has 1 N–H and O–H groups in total. The van der Waals surface area contributed by atoms with Crippen LogP contribution in [0, 0.1) is 0 Å². The molecule has 1 saturated heterocycles. The van der Waals surface area contributed by atoms with Gasteiger partial charge in [0.2, 0.25) is 0 Å². The Morgan fingerprint density at radius 2 is 1.67 bits per heavy atom. The van der Waals surface area contributed by atoms with Crippen molar-refractivity contribution < 1.29 is 24.2 Å². The quantitative estimate of drug-likeness (QED) is 0.530. The van der Waals surface area contributed by atoms with Crippen LogP contribution in [-0.4, -0.2) is 53.4 Å². The molecule has 0 radical (unpaired) electrons. The Hall–Kier alpha value is -3.23. The van der Waals surface area contributed by atoms with Crippen molar-refractivity contribution in [3.8, 4) is 11.1 Å². The molecule has 1 fully saturated rings. The molecular weight excluding hydrogens is 488 g/mol. The van der Waals surface area contributed by atoms with Crippen molar-refractivity contribution in [2.45, 2.75) is 11.5 Å². The lowest BCUT2D eigenvalue weighted by Crippen LogP contribution is -2.63.